The van der Waals surface area contributed by atoms with Crippen molar-refractivity contribution in [2.24, 2.45) is 0 Å². The Kier molecular flexibility index (Phi) is 3.95. The molecule has 6 heteroatoms. The second-order valence-electron chi connectivity index (χ2n) is 4.75. The lowest BCUT2D eigenvalue weighted by molar-refractivity contribution is 0.0696. The zero-order chi connectivity index (χ0) is 13.8. The van der Waals surface area contributed by atoms with Crippen LogP contribution < -0.4 is 4.90 Å². The van der Waals surface area contributed by atoms with Crippen LogP contribution in [0.3, 0.4) is 0 Å². The van der Waals surface area contributed by atoms with Gasteiger partial charge in [0, 0.05) is 19.3 Å². The molecule has 1 aromatic heterocycles. The molecule has 1 aromatic rings. The van der Waals surface area contributed by atoms with E-state index in [9.17, 15) is 9.90 Å². The fourth-order valence-corrected chi connectivity index (χ4v) is 2.49. The maximum Gasteiger partial charge on any atom is 0.341 e. The van der Waals surface area contributed by atoms with Gasteiger partial charge in [-0.25, -0.2) is 14.8 Å². The molecule has 2 rings (SSSR count). The third kappa shape index (κ3) is 2.81. The second-order valence-corrected chi connectivity index (χ2v) is 4.75. The van der Waals surface area contributed by atoms with Gasteiger partial charge in [-0.1, -0.05) is 19.3 Å². The first kappa shape index (κ1) is 13.3. The van der Waals surface area contributed by atoms with Crippen molar-refractivity contribution in [2.45, 2.75) is 38.1 Å². The lowest BCUT2D eigenvalue weighted by Crippen LogP contribution is -2.35. The quantitative estimate of drug-likeness (QED) is 0.891. The first-order valence-electron chi connectivity index (χ1n) is 6.36. The molecule has 1 aliphatic rings. The number of nitriles is 1. The van der Waals surface area contributed by atoms with Crippen LogP contribution in [0.4, 0.5) is 5.82 Å². The lowest BCUT2D eigenvalue weighted by atomic mass is 9.94. The van der Waals surface area contributed by atoms with E-state index in [2.05, 4.69) is 9.97 Å². The molecule has 1 heterocycles. The van der Waals surface area contributed by atoms with Gasteiger partial charge < -0.3 is 10.0 Å². The van der Waals surface area contributed by atoms with Gasteiger partial charge in [0.25, 0.3) is 0 Å². The molecular weight excluding hydrogens is 244 g/mol. The highest BCUT2D eigenvalue weighted by atomic mass is 16.4. The molecule has 0 saturated heterocycles. The van der Waals surface area contributed by atoms with Gasteiger partial charge in [0.1, 0.15) is 17.5 Å². The van der Waals surface area contributed by atoms with Crippen molar-refractivity contribution in [1.82, 2.24) is 9.97 Å². The van der Waals surface area contributed by atoms with Gasteiger partial charge >= 0.3 is 5.97 Å². The number of nitrogens with zero attached hydrogens (tertiary/aromatic N) is 4. The van der Waals surface area contributed by atoms with Crippen LogP contribution >= 0.6 is 0 Å². The molecule has 0 aliphatic heterocycles. The van der Waals surface area contributed by atoms with Crippen LogP contribution in [0.2, 0.25) is 0 Å². The smallest absolute Gasteiger partial charge is 0.341 e. The van der Waals surface area contributed by atoms with E-state index in [4.69, 9.17) is 5.26 Å². The molecular formula is C13H16N4O2. The van der Waals surface area contributed by atoms with Crippen molar-refractivity contribution in [3.05, 3.63) is 17.6 Å². The number of anilines is 1. The van der Waals surface area contributed by atoms with Crippen molar-refractivity contribution < 1.29 is 9.90 Å². The van der Waals surface area contributed by atoms with Gasteiger partial charge in [0.15, 0.2) is 0 Å². The normalized spacial score (nSPS) is 15.8. The predicted octanol–water partition coefficient (Wildman–Crippen LogP) is 1.82. The van der Waals surface area contributed by atoms with E-state index >= 15 is 0 Å². The average Bonchev–Trinajstić information content (AvgIpc) is 2.46. The van der Waals surface area contributed by atoms with E-state index in [-0.39, 0.29) is 17.4 Å². The second kappa shape index (κ2) is 5.65. The summed E-state index contributed by atoms with van der Waals surface area (Å²) in [5, 5.41) is 18.0. The molecule has 0 bridgehead atoms. The summed E-state index contributed by atoms with van der Waals surface area (Å²) in [7, 11) is 1.84. The summed E-state index contributed by atoms with van der Waals surface area (Å²) in [6.07, 6.45) is 6.79. The highest BCUT2D eigenvalue weighted by molar-refractivity contribution is 5.93. The molecule has 19 heavy (non-hydrogen) atoms. The number of carboxylic acids is 1. The van der Waals surface area contributed by atoms with Crippen LogP contribution in [0, 0.1) is 11.3 Å². The summed E-state index contributed by atoms with van der Waals surface area (Å²) in [6, 6.07) is 2.13. The van der Waals surface area contributed by atoms with Gasteiger partial charge in [-0.2, -0.15) is 5.26 Å². The van der Waals surface area contributed by atoms with Gasteiger partial charge in [0.2, 0.25) is 5.82 Å². The highest BCUT2D eigenvalue weighted by Gasteiger charge is 2.24. The monoisotopic (exact) mass is 260 g/mol. The van der Waals surface area contributed by atoms with E-state index in [1.807, 2.05) is 18.0 Å². The topological polar surface area (TPSA) is 90.1 Å². The van der Waals surface area contributed by atoms with Crippen LogP contribution in [-0.2, 0) is 0 Å². The first-order chi connectivity index (χ1) is 9.13. The molecule has 0 spiro atoms. The molecule has 0 radical (unpaired) electrons. The Hall–Kier alpha value is -2.16. The average molecular weight is 260 g/mol. The summed E-state index contributed by atoms with van der Waals surface area (Å²) < 4.78 is 0. The van der Waals surface area contributed by atoms with Crippen molar-refractivity contribution in [3.63, 3.8) is 0 Å². The molecule has 0 amide bonds. The van der Waals surface area contributed by atoms with Crippen LogP contribution in [0.5, 0.6) is 0 Å². The molecule has 6 nitrogen and oxygen atoms in total. The fraction of sp³-hybridized carbons (Fsp3) is 0.538. The molecule has 0 atom stereocenters. The highest BCUT2D eigenvalue weighted by Crippen LogP contribution is 2.26. The van der Waals surface area contributed by atoms with Crippen molar-refractivity contribution in [2.75, 3.05) is 11.9 Å². The molecule has 0 unspecified atom stereocenters. The molecule has 1 saturated carbocycles. The Bertz CT molecular complexity index is 518. The Morgan fingerprint density at radius 2 is 2.16 bits per heavy atom. The Morgan fingerprint density at radius 3 is 2.74 bits per heavy atom. The van der Waals surface area contributed by atoms with Crippen LogP contribution in [0.15, 0.2) is 6.20 Å². The number of aromatic carboxylic acids is 1. The Labute approximate surface area is 111 Å². The van der Waals surface area contributed by atoms with Gasteiger partial charge in [0.05, 0.1) is 0 Å². The number of rotatable bonds is 3. The summed E-state index contributed by atoms with van der Waals surface area (Å²) >= 11 is 0. The minimum Gasteiger partial charge on any atom is -0.477 e. The van der Waals surface area contributed by atoms with Crippen LogP contribution in [0.1, 0.15) is 48.3 Å². The maximum atomic E-state index is 11.2. The van der Waals surface area contributed by atoms with Crippen molar-refractivity contribution in [1.29, 1.82) is 5.26 Å². The SMILES string of the molecule is CN(c1nc(C#N)ncc1C(=O)O)C1CCCCC1. The van der Waals surface area contributed by atoms with Crippen LogP contribution in [-0.4, -0.2) is 34.1 Å². The summed E-state index contributed by atoms with van der Waals surface area (Å²) in [4.78, 5) is 20.9. The van der Waals surface area contributed by atoms with Crippen molar-refractivity contribution >= 4 is 11.8 Å². The van der Waals surface area contributed by atoms with E-state index in [0.29, 0.717) is 5.82 Å². The first-order valence-corrected chi connectivity index (χ1v) is 6.36. The summed E-state index contributed by atoms with van der Waals surface area (Å²) in [6.45, 7) is 0. The molecule has 1 fully saturated rings. The molecule has 100 valence electrons. The number of hydrogen-bond donors (Lipinski definition) is 1. The zero-order valence-electron chi connectivity index (χ0n) is 10.8. The van der Waals surface area contributed by atoms with Crippen LogP contribution in [0.25, 0.3) is 0 Å². The molecule has 1 aliphatic carbocycles. The lowest BCUT2D eigenvalue weighted by Gasteiger charge is -2.32. The largest absolute Gasteiger partial charge is 0.477 e. The Balaban J connectivity index is 2.35. The Morgan fingerprint density at radius 1 is 1.47 bits per heavy atom. The standard InChI is InChI=1S/C13H16N4O2/c1-17(9-5-3-2-4-6-9)12-10(13(18)19)8-15-11(7-14)16-12/h8-9H,2-6H2,1H3,(H,18,19). The van der Waals surface area contributed by atoms with E-state index in [0.717, 1.165) is 25.7 Å². The molecule has 1 N–H and O–H groups in total. The third-order valence-electron chi connectivity index (χ3n) is 3.56. The summed E-state index contributed by atoms with van der Waals surface area (Å²) in [5.74, 6) is -0.726. The maximum absolute atomic E-state index is 11.2. The fourth-order valence-electron chi connectivity index (χ4n) is 2.49. The number of aromatic nitrogens is 2. The van der Waals surface area contributed by atoms with E-state index in [1.165, 1.54) is 12.6 Å². The summed E-state index contributed by atoms with van der Waals surface area (Å²) in [5.41, 5.74) is 0.0482. The van der Waals surface area contributed by atoms with Crippen molar-refractivity contribution in [3.8, 4) is 6.07 Å². The predicted molar refractivity (Wildman–Crippen MR) is 69.0 cm³/mol. The number of carboxylic acid groups (broad SMARTS) is 1. The van der Waals surface area contributed by atoms with E-state index in [1.54, 1.807) is 0 Å². The zero-order valence-corrected chi connectivity index (χ0v) is 10.8. The number of carbonyl (C=O) groups is 1. The third-order valence-corrected chi connectivity index (χ3v) is 3.56. The van der Waals surface area contributed by atoms with Gasteiger partial charge in [-0.05, 0) is 12.8 Å². The van der Waals surface area contributed by atoms with E-state index < -0.39 is 5.97 Å². The number of hydrogen-bond acceptors (Lipinski definition) is 5. The minimum absolute atomic E-state index is 0.00246. The van der Waals surface area contributed by atoms with Gasteiger partial charge in [-0.3, -0.25) is 0 Å². The molecule has 0 aromatic carbocycles. The van der Waals surface area contributed by atoms with Gasteiger partial charge in [-0.15, -0.1) is 0 Å². The minimum atomic E-state index is -1.07.